The summed E-state index contributed by atoms with van der Waals surface area (Å²) in [6.45, 7) is 4.86. The molecule has 2 heterocycles. The van der Waals surface area contributed by atoms with Crippen molar-refractivity contribution in [2.75, 3.05) is 13.7 Å². The molecule has 2 aromatic heterocycles. The van der Waals surface area contributed by atoms with E-state index in [4.69, 9.17) is 4.74 Å². The summed E-state index contributed by atoms with van der Waals surface area (Å²) in [5, 5.41) is 6.19. The average Bonchev–Trinajstić information content (AvgIpc) is 3.21. The third-order valence-electron chi connectivity index (χ3n) is 4.26. The van der Waals surface area contributed by atoms with E-state index in [-0.39, 0.29) is 11.3 Å². The highest BCUT2D eigenvalue weighted by Crippen LogP contribution is 2.32. The maximum Gasteiger partial charge on any atom is 0.225 e. The Labute approximate surface area is 145 Å². The van der Waals surface area contributed by atoms with E-state index in [1.54, 1.807) is 18.4 Å². The summed E-state index contributed by atoms with van der Waals surface area (Å²) in [6, 6.07) is 9.95. The highest BCUT2D eigenvalue weighted by molar-refractivity contribution is 7.10. The second-order valence-corrected chi connectivity index (χ2v) is 7.56. The SMILES string of the molecule is COc1ccc2[nH]cc(C(C)(C)CNC(=O)Cc3cccs3)c2c1. The Morgan fingerprint density at radius 1 is 1.33 bits per heavy atom. The number of hydrogen-bond acceptors (Lipinski definition) is 3. The predicted octanol–water partition coefficient (Wildman–Crippen LogP) is 3.87. The van der Waals surface area contributed by atoms with Gasteiger partial charge in [-0.05, 0) is 35.2 Å². The number of nitrogens with one attached hydrogen (secondary N) is 2. The maximum atomic E-state index is 12.2. The second kappa shape index (κ2) is 6.69. The van der Waals surface area contributed by atoms with Crippen molar-refractivity contribution in [3.05, 3.63) is 52.3 Å². The molecule has 0 aliphatic carbocycles. The molecular formula is C19H22N2O2S. The third-order valence-corrected chi connectivity index (χ3v) is 5.14. The van der Waals surface area contributed by atoms with Gasteiger partial charge in [0.1, 0.15) is 5.75 Å². The van der Waals surface area contributed by atoms with Crippen molar-refractivity contribution < 1.29 is 9.53 Å². The van der Waals surface area contributed by atoms with Gasteiger partial charge in [-0.2, -0.15) is 0 Å². The number of methoxy groups -OCH3 is 1. The molecule has 5 heteroatoms. The number of rotatable bonds is 6. The van der Waals surface area contributed by atoms with Crippen LogP contribution in [0, 0.1) is 0 Å². The van der Waals surface area contributed by atoms with Gasteiger partial charge in [-0.15, -0.1) is 11.3 Å². The van der Waals surface area contributed by atoms with Gasteiger partial charge in [-0.25, -0.2) is 0 Å². The van der Waals surface area contributed by atoms with E-state index in [0.29, 0.717) is 13.0 Å². The average molecular weight is 342 g/mol. The van der Waals surface area contributed by atoms with Crippen molar-refractivity contribution in [3.8, 4) is 5.75 Å². The smallest absolute Gasteiger partial charge is 0.225 e. The van der Waals surface area contributed by atoms with Gasteiger partial charge in [-0.1, -0.05) is 19.9 Å². The minimum absolute atomic E-state index is 0.0583. The predicted molar refractivity (Wildman–Crippen MR) is 98.9 cm³/mol. The van der Waals surface area contributed by atoms with E-state index < -0.39 is 0 Å². The lowest BCUT2D eigenvalue weighted by atomic mass is 9.84. The second-order valence-electron chi connectivity index (χ2n) is 6.53. The number of fused-ring (bicyclic) bond motifs is 1. The first-order chi connectivity index (χ1) is 11.5. The molecule has 126 valence electrons. The molecule has 3 aromatic rings. The normalized spacial score (nSPS) is 11.6. The molecule has 0 bridgehead atoms. The van der Waals surface area contributed by atoms with E-state index >= 15 is 0 Å². The first kappa shape index (κ1) is 16.6. The summed E-state index contributed by atoms with van der Waals surface area (Å²) in [4.78, 5) is 16.5. The summed E-state index contributed by atoms with van der Waals surface area (Å²) in [5.41, 5.74) is 2.06. The van der Waals surface area contributed by atoms with Crippen LogP contribution >= 0.6 is 11.3 Å². The van der Waals surface area contributed by atoms with Gasteiger partial charge in [0.2, 0.25) is 5.91 Å². The van der Waals surface area contributed by atoms with Gasteiger partial charge in [0.05, 0.1) is 13.5 Å². The topological polar surface area (TPSA) is 54.1 Å². The van der Waals surface area contributed by atoms with Crippen molar-refractivity contribution >= 4 is 28.1 Å². The van der Waals surface area contributed by atoms with Crippen molar-refractivity contribution in [3.63, 3.8) is 0 Å². The van der Waals surface area contributed by atoms with E-state index in [1.165, 1.54) is 5.56 Å². The van der Waals surface area contributed by atoms with Crippen LogP contribution < -0.4 is 10.1 Å². The van der Waals surface area contributed by atoms with E-state index in [2.05, 4.69) is 24.1 Å². The number of ether oxygens (including phenoxy) is 1. The van der Waals surface area contributed by atoms with E-state index in [1.807, 2.05) is 41.9 Å². The number of carbonyl (C=O) groups excluding carboxylic acids is 1. The van der Waals surface area contributed by atoms with Crippen LogP contribution in [0.5, 0.6) is 5.75 Å². The first-order valence-electron chi connectivity index (χ1n) is 7.94. The lowest BCUT2D eigenvalue weighted by Gasteiger charge is -2.25. The van der Waals surface area contributed by atoms with Crippen LogP contribution in [0.25, 0.3) is 10.9 Å². The Kier molecular flexibility index (Phi) is 4.62. The van der Waals surface area contributed by atoms with Crippen LogP contribution in [0.3, 0.4) is 0 Å². The molecule has 1 amide bonds. The molecule has 0 saturated carbocycles. The summed E-state index contributed by atoms with van der Waals surface area (Å²) < 4.78 is 5.33. The molecule has 0 radical (unpaired) electrons. The molecule has 0 fully saturated rings. The standard InChI is InChI=1S/C19H22N2O2S/c1-19(2,12-21-18(22)10-14-5-4-8-24-14)16-11-20-17-7-6-13(23-3)9-15(16)17/h4-9,11,20H,10,12H2,1-3H3,(H,21,22). The van der Waals surface area contributed by atoms with Gasteiger partial charge in [0.15, 0.2) is 0 Å². The van der Waals surface area contributed by atoms with Gasteiger partial charge < -0.3 is 15.0 Å². The number of H-pyrrole nitrogens is 1. The molecule has 24 heavy (non-hydrogen) atoms. The van der Waals surface area contributed by atoms with Crippen LogP contribution in [-0.4, -0.2) is 24.5 Å². The van der Waals surface area contributed by atoms with Crippen LogP contribution in [0.4, 0.5) is 0 Å². The van der Waals surface area contributed by atoms with Crippen LogP contribution in [0.1, 0.15) is 24.3 Å². The fourth-order valence-electron chi connectivity index (χ4n) is 2.84. The number of aromatic amines is 1. The minimum Gasteiger partial charge on any atom is -0.497 e. The van der Waals surface area contributed by atoms with Gasteiger partial charge in [0.25, 0.3) is 0 Å². The molecule has 2 N–H and O–H groups in total. The van der Waals surface area contributed by atoms with Crippen molar-refractivity contribution in [1.29, 1.82) is 0 Å². The molecule has 0 aliphatic heterocycles. The number of hydrogen-bond donors (Lipinski definition) is 2. The number of carbonyl (C=O) groups is 1. The van der Waals surface area contributed by atoms with Crippen molar-refractivity contribution in [2.45, 2.75) is 25.7 Å². The summed E-state index contributed by atoms with van der Waals surface area (Å²) >= 11 is 1.61. The van der Waals surface area contributed by atoms with E-state index in [9.17, 15) is 4.79 Å². The highest BCUT2D eigenvalue weighted by atomic mass is 32.1. The fraction of sp³-hybridized carbons (Fsp3) is 0.316. The monoisotopic (exact) mass is 342 g/mol. The molecule has 0 unspecified atom stereocenters. The number of amides is 1. The maximum absolute atomic E-state index is 12.2. The zero-order valence-corrected chi connectivity index (χ0v) is 15.0. The van der Waals surface area contributed by atoms with Crippen LogP contribution in [0.2, 0.25) is 0 Å². The quantitative estimate of drug-likeness (QED) is 0.714. The van der Waals surface area contributed by atoms with Crippen molar-refractivity contribution in [1.82, 2.24) is 10.3 Å². The van der Waals surface area contributed by atoms with Gasteiger partial charge >= 0.3 is 0 Å². The molecule has 0 spiro atoms. The fourth-order valence-corrected chi connectivity index (χ4v) is 3.54. The molecule has 0 saturated heterocycles. The molecule has 0 aliphatic rings. The molecule has 1 aromatic carbocycles. The van der Waals surface area contributed by atoms with Crippen molar-refractivity contribution in [2.24, 2.45) is 0 Å². The third kappa shape index (κ3) is 3.46. The number of benzene rings is 1. The van der Waals surface area contributed by atoms with Crippen LogP contribution in [0.15, 0.2) is 41.9 Å². The Bertz CT molecular complexity index is 834. The zero-order chi connectivity index (χ0) is 17.2. The number of aromatic nitrogens is 1. The Morgan fingerprint density at radius 2 is 2.17 bits per heavy atom. The number of thiophene rings is 1. The lowest BCUT2D eigenvalue weighted by Crippen LogP contribution is -2.37. The molecule has 4 nitrogen and oxygen atoms in total. The van der Waals surface area contributed by atoms with Gasteiger partial charge in [0, 0.05) is 33.9 Å². The summed E-state index contributed by atoms with van der Waals surface area (Å²) in [7, 11) is 1.67. The Hall–Kier alpha value is -2.27. The Morgan fingerprint density at radius 3 is 2.88 bits per heavy atom. The minimum atomic E-state index is -0.185. The molecule has 0 atom stereocenters. The lowest BCUT2D eigenvalue weighted by molar-refractivity contribution is -0.120. The van der Waals surface area contributed by atoms with Crippen LogP contribution in [-0.2, 0) is 16.6 Å². The zero-order valence-electron chi connectivity index (χ0n) is 14.2. The summed E-state index contributed by atoms with van der Waals surface area (Å²) in [6.07, 6.45) is 2.46. The highest BCUT2D eigenvalue weighted by Gasteiger charge is 2.25. The molecular weight excluding hydrogens is 320 g/mol. The van der Waals surface area contributed by atoms with E-state index in [0.717, 1.165) is 21.5 Å². The summed E-state index contributed by atoms with van der Waals surface area (Å²) in [5.74, 6) is 0.892. The first-order valence-corrected chi connectivity index (χ1v) is 8.82. The molecule has 3 rings (SSSR count). The Balaban J connectivity index is 1.74. The van der Waals surface area contributed by atoms with Gasteiger partial charge in [-0.3, -0.25) is 4.79 Å². The largest absolute Gasteiger partial charge is 0.497 e.